The van der Waals surface area contributed by atoms with E-state index in [0.29, 0.717) is 18.7 Å². The van der Waals surface area contributed by atoms with Crippen molar-refractivity contribution in [1.29, 1.82) is 0 Å². The highest BCUT2D eigenvalue weighted by molar-refractivity contribution is 5.76. The first kappa shape index (κ1) is 17.8. The smallest absolute Gasteiger partial charge is 0.321 e. The van der Waals surface area contributed by atoms with E-state index in [4.69, 9.17) is 4.74 Å². The number of rotatable bonds is 4. The van der Waals surface area contributed by atoms with E-state index in [9.17, 15) is 9.18 Å². The van der Waals surface area contributed by atoms with E-state index in [2.05, 4.69) is 10.2 Å². The average Bonchev–Trinajstić information content (AvgIpc) is 2.68. The third-order valence-electron chi connectivity index (χ3n) is 4.32. The van der Waals surface area contributed by atoms with Gasteiger partial charge in [0.25, 0.3) is 0 Å². The van der Waals surface area contributed by atoms with Crippen LogP contribution in [-0.2, 0) is 0 Å². The fraction of sp³-hybridized carbons (Fsp3) is 0.250. The molecule has 0 spiro atoms. The summed E-state index contributed by atoms with van der Waals surface area (Å²) in [6.45, 7) is 2.72. The zero-order valence-corrected chi connectivity index (χ0v) is 14.7. The second-order valence-electron chi connectivity index (χ2n) is 5.98. The standard InChI is InChI=1S/C20H22FN3O2/c1-26-19-8-3-2-7-18(19)23-11-13-24(14-12-23)20(25)22-10-9-16-5-4-6-17(21)15-16/h2-10,15H,11-14H2,1H3,(H,22,25)/b10-9+. The van der Waals surface area contributed by atoms with Crippen molar-refractivity contribution in [3.63, 3.8) is 0 Å². The number of hydrogen-bond donors (Lipinski definition) is 1. The highest BCUT2D eigenvalue weighted by atomic mass is 19.1. The summed E-state index contributed by atoms with van der Waals surface area (Å²) in [6, 6.07) is 13.9. The molecule has 0 atom stereocenters. The van der Waals surface area contributed by atoms with Crippen LogP contribution in [0.2, 0.25) is 0 Å². The number of urea groups is 1. The second kappa shape index (κ2) is 8.38. The predicted molar refractivity (Wildman–Crippen MR) is 101 cm³/mol. The van der Waals surface area contributed by atoms with Crippen molar-refractivity contribution in [1.82, 2.24) is 10.2 Å². The lowest BCUT2D eigenvalue weighted by molar-refractivity contribution is 0.198. The van der Waals surface area contributed by atoms with E-state index in [0.717, 1.165) is 24.5 Å². The first-order chi connectivity index (χ1) is 12.7. The molecule has 0 saturated carbocycles. The van der Waals surface area contributed by atoms with Gasteiger partial charge in [-0.1, -0.05) is 24.3 Å². The number of anilines is 1. The van der Waals surface area contributed by atoms with Crippen molar-refractivity contribution < 1.29 is 13.9 Å². The van der Waals surface area contributed by atoms with E-state index < -0.39 is 0 Å². The maximum Gasteiger partial charge on any atom is 0.321 e. The Kier molecular flexibility index (Phi) is 5.73. The number of nitrogens with one attached hydrogen (secondary N) is 1. The molecule has 0 bridgehead atoms. The second-order valence-corrected chi connectivity index (χ2v) is 5.98. The van der Waals surface area contributed by atoms with E-state index in [1.165, 1.54) is 12.1 Å². The van der Waals surface area contributed by atoms with Gasteiger partial charge in [-0.25, -0.2) is 9.18 Å². The number of ether oxygens (including phenoxy) is 1. The van der Waals surface area contributed by atoms with E-state index in [-0.39, 0.29) is 11.8 Å². The summed E-state index contributed by atoms with van der Waals surface area (Å²) in [6.07, 6.45) is 3.22. The molecule has 3 rings (SSSR count). The van der Waals surface area contributed by atoms with Crippen LogP contribution < -0.4 is 15.0 Å². The third kappa shape index (κ3) is 4.33. The number of nitrogens with zero attached hydrogens (tertiary/aromatic N) is 2. The Balaban J connectivity index is 1.52. The Bertz CT molecular complexity index is 786. The molecule has 5 nitrogen and oxygen atoms in total. The molecular formula is C20H22FN3O2. The minimum atomic E-state index is -0.300. The van der Waals surface area contributed by atoms with Crippen molar-refractivity contribution in [3.8, 4) is 5.75 Å². The van der Waals surface area contributed by atoms with Gasteiger partial charge in [-0.15, -0.1) is 0 Å². The number of para-hydroxylation sites is 2. The van der Waals surface area contributed by atoms with Gasteiger partial charge in [0.05, 0.1) is 12.8 Å². The molecule has 1 aliphatic rings. The minimum Gasteiger partial charge on any atom is -0.495 e. The first-order valence-corrected chi connectivity index (χ1v) is 8.53. The maximum atomic E-state index is 13.1. The Morgan fingerprint density at radius 1 is 1.12 bits per heavy atom. The van der Waals surface area contributed by atoms with Crippen LogP contribution in [0.5, 0.6) is 5.75 Å². The van der Waals surface area contributed by atoms with Crippen LogP contribution in [-0.4, -0.2) is 44.2 Å². The summed E-state index contributed by atoms with van der Waals surface area (Å²) in [5.41, 5.74) is 1.74. The van der Waals surface area contributed by atoms with Gasteiger partial charge in [-0.05, 0) is 35.9 Å². The summed E-state index contributed by atoms with van der Waals surface area (Å²) < 4.78 is 18.5. The molecule has 1 heterocycles. The van der Waals surface area contributed by atoms with Crippen LogP contribution >= 0.6 is 0 Å². The molecule has 2 amide bonds. The lowest BCUT2D eigenvalue weighted by Gasteiger charge is -2.36. The molecule has 0 radical (unpaired) electrons. The van der Waals surface area contributed by atoms with Crippen molar-refractivity contribution in [3.05, 3.63) is 66.1 Å². The number of carbonyl (C=O) groups excluding carboxylic acids is 1. The number of hydrogen-bond acceptors (Lipinski definition) is 3. The summed E-state index contributed by atoms with van der Waals surface area (Å²) in [5.74, 6) is 0.536. The summed E-state index contributed by atoms with van der Waals surface area (Å²) in [7, 11) is 1.66. The monoisotopic (exact) mass is 355 g/mol. The lowest BCUT2D eigenvalue weighted by Crippen LogP contribution is -2.51. The molecule has 2 aromatic carbocycles. The Morgan fingerprint density at radius 3 is 2.62 bits per heavy atom. The number of piperazine rings is 1. The van der Waals surface area contributed by atoms with Gasteiger partial charge < -0.3 is 19.9 Å². The predicted octanol–water partition coefficient (Wildman–Crippen LogP) is 3.34. The summed E-state index contributed by atoms with van der Waals surface area (Å²) >= 11 is 0. The largest absolute Gasteiger partial charge is 0.495 e. The van der Waals surface area contributed by atoms with Crippen LogP contribution in [0.25, 0.3) is 6.08 Å². The van der Waals surface area contributed by atoms with Crippen LogP contribution in [0.4, 0.5) is 14.9 Å². The van der Waals surface area contributed by atoms with Gasteiger partial charge in [-0.3, -0.25) is 0 Å². The third-order valence-corrected chi connectivity index (χ3v) is 4.32. The van der Waals surface area contributed by atoms with Gasteiger partial charge in [0.15, 0.2) is 0 Å². The van der Waals surface area contributed by atoms with Crippen LogP contribution in [0.1, 0.15) is 5.56 Å². The highest BCUT2D eigenvalue weighted by Crippen LogP contribution is 2.28. The molecule has 1 fully saturated rings. The summed E-state index contributed by atoms with van der Waals surface area (Å²) in [4.78, 5) is 16.2. The zero-order valence-electron chi connectivity index (χ0n) is 14.7. The van der Waals surface area contributed by atoms with Gasteiger partial charge in [0.1, 0.15) is 11.6 Å². The van der Waals surface area contributed by atoms with Gasteiger partial charge in [-0.2, -0.15) is 0 Å². The van der Waals surface area contributed by atoms with Gasteiger partial charge in [0, 0.05) is 32.4 Å². The lowest BCUT2D eigenvalue weighted by atomic mass is 10.2. The number of benzene rings is 2. The highest BCUT2D eigenvalue weighted by Gasteiger charge is 2.22. The molecule has 6 heteroatoms. The number of halogens is 1. The SMILES string of the molecule is COc1ccccc1N1CCN(C(=O)N/C=C/c2cccc(F)c2)CC1. The van der Waals surface area contributed by atoms with Crippen molar-refractivity contribution in [2.45, 2.75) is 0 Å². The van der Waals surface area contributed by atoms with E-state index >= 15 is 0 Å². The molecular weight excluding hydrogens is 333 g/mol. The Morgan fingerprint density at radius 2 is 1.88 bits per heavy atom. The zero-order chi connectivity index (χ0) is 18.4. The Hall–Kier alpha value is -3.02. The number of carbonyl (C=O) groups is 1. The fourth-order valence-electron chi connectivity index (χ4n) is 2.95. The van der Waals surface area contributed by atoms with Crippen LogP contribution in [0, 0.1) is 5.82 Å². The molecule has 136 valence electrons. The van der Waals surface area contributed by atoms with Crippen LogP contribution in [0.15, 0.2) is 54.7 Å². The molecule has 1 saturated heterocycles. The Labute approximate surface area is 152 Å². The van der Waals surface area contributed by atoms with E-state index in [1.54, 1.807) is 36.4 Å². The van der Waals surface area contributed by atoms with Crippen LogP contribution in [0.3, 0.4) is 0 Å². The summed E-state index contributed by atoms with van der Waals surface area (Å²) in [5, 5.41) is 2.74. The maximum absolute atomic E-state index is 13.1. The molecule has 0 aromatic heterocycles. The van der Waals surface area contributed by atoms with Crippen molar-refractivity contribution in [2.24, 2.45) is 0 Å². The normalized spacial score (nSPS) is 14.5. The minimum absolute atomic E-state index is 0.155. The molecule has 0 unspecified atom stereocenters. The average molecular weight is 355 g/mol. The molecule has 1 N–H and O–H groups in total. The topological polar surface area (TPSA) is 44.8 Å². The molecule has 1 aliphatic heterocycles. The van der Waals surface area contributed by atoms with Gasteiger partial charge in [0.2, 0.25) is 0 Å². The van der Waals surface area contributed by atoms with Gasteiger partial charge >= 0.3 is 6.03 Å². The molecule has 2 aromatic rings. The first-order valence-electron chi connectivity index (χ1n) is 8.53. The van der Waals surface area contributed by atoms with Crippen molar-refractivity contribution >= 4 is 17.8 Å². The fourth-order valence-corrected chi connectivity index (χ4v) is 2.95. The van der Waals surface area contributed by atoms with E-state index in [1.807, 2.05) is 24.3 Å². The molecule has 26 heavy (non-hydrogen) atoms. The quantitative estimate of drug-likeness (QED) is 0.915. The number of methoxy groups -OCH3 is 1. The van der Waals surface area contributed by atoms with Crippen molar-refractivity contribution in [2.75, 3.05) is 38.2 Å². The number of amides is 2. The molecule has 0 aliphatic carbocycles.